The smallest absolute Gasteiger partial charge is 0.311 e. The Bertz CT molecular complexity index is 338. The first-order chi connectivity index (χ1) is 10.4. The van der Waals surface area contributed by atoms with Crippen molar-refractivity contribution in [1.82, 2.24) is 5.32 Å². The van der Waals surface area contributed by atoms with Gasteiger partial charge >= 0.3 is 8.56 Å². The average molecular weight is 397 g/mol. The fraction of sp³-hybridized carbons (Fsp3) is 1.00. The van der Waals surface area contributed by atoms with Gasteiger partial charge < -0.3 is 23.7 Å². The molecule has 0 aliphatic carbocycles. The summed E-state index contributed by atoms with van der Waals surface area (Å²) < 4.78 is 25.0. The maximum Gasteiger partial charge on any atom is 0.311 e. The van der Waals surface area contributed by atoms with Gasteiger partial charge in [0, 0.05) is 13.1 Å². The van der Waals surface area contributed by atoms with E-state index < -0.39 is 32.9 Å². The van der Waals surface area contributed by atoms with Crippen LogP contribution in [0.1, 0.15) is 20.3 Å². The third-order valence-corrected chi connectivity index (χ3v) is 20.2. The van der Waals surface area contributed by atoms with Crippen LogP contribution >= 0.6 is 0 Å². The third kappa shape index (κ3) is 13.5. The van der Waals surface area contributed by atoms with Crippen molar-refractivity contribution in [3.63, 3.8) is 0 Å². The fourth-order valence-electron chi connectivity index (χ4n) is 2.38. The molecule has 0 radical (unpaired) electrons. The molecule has 0 aromatic heterocycles. The number of nitrogens with one attached hydrogen (secondary N) is 1. The predicted molar refractivity (Wildman–Crippen MR) is 110 cm³/mol. The molecule has 0 aliphatic rings. The van der Waals surface area contributed by atoms with Gasteiger partial charge in [0.2, 0.25) is 7.83 Å². The van der Waals surface area contributed by atoms with Gasteiger partial charge in [-0.3, -0.25) is 0 Å². The molecule has 0 saturated heterocycles. The molecule has 0 aromatic rings. The van der Waals surface area contributed by atoms with Gasteiger partial charge in [-0.05, 0) is 64.8 Å². The Morgan fingerprint density at radius 1 is 1.00 bits per heavy atom. The molecule has 23 heavy (non-hydrogen) atoms. The van der Waals surface area contributed by atoms with Crippen molar-refractivity contribution in [1.29, 1.82) is 0 Å². The molecule has 3 N–H and O–H groups in total. The molecule has 5 nitrogen and oxygen atoms in total. The maximum atomic E-state index is 12.3. The molecule has 0 aliphatic heterocycles. The van der Waals surface area contributed by atoms with Crippen molar-refractivity contribution in [3.05, 3.63) is 0 Å². The summed E-state index contributed by atoms with van der Waals surface area (Å²) in [4.78, 5) is 0. The van der Waals surface area contributed by atoms with E-state index in [0.717, 1.165) is 25.6 Å². The molecule has 1 unspecified atom stereocenters. The van der Waals surface area contributed by atoms with Gasteiger partial charge in [0.25, 0.3) is 8.20 Å². The zero-order valence-corrected chi connectivity index (χ0v) is 20.8. The summed E-state index contributed by atoms with van der Waals surface area (Å²) in [5, 5.41) is 3.29. The van der Waals surface area contributed by atoms with Crippen LogP contribution in [0.25, 0.3) is 0 Å². The summed E-state index contributed by atoms with van der Waals surface area (Å²) in [7, 11) is -7.69. The summed E-state index contributed by atoms with van der Waals surface area (Å²) in [6.45, 7) is 21.1. The van der Waals surface area contributed by atoms with Crippen molar-refractivity contribution >= 4 is 32.9 Å². The zero-order valence-electron chi connectivity index (χ0n) is 16.8. The molecule has 0 saturated carbocycles. The summed E-state index contributed by atoms with van der Waals surface area (Å²) in [5.74, 6) is 0. The van der Waals surface area contributed by atoms with Gasteiger partial charge in [-0.15, -0.1) is 0 Å². The van der Waals surface area contributed by atoms with Crippen LogP contribution in [0.2, 0.25) is 51.9 Å². The molecule has 0 spiro atoms. The molecule has 0 fully saturated rings. The molecule has 0 bridgehead atoms. The monoisotopic (exact) mass is 396 g/mol. The second kappa shape index (κ2) is 12.0. The lowest BCUT2D eigenvalue weighted by atomic mass is 10.5. The van der Waals surface area contributed by atoms with Crippen molar-refractivity contribution in [3.8, 4) is 0 Å². The van der Waals surface area contributed by atoms with Crippen molar-refractivity contribution < 1.29 is 12.7 Å². The van der Waals surface area contributed by atoms with Gasteiger partial charge in [0.05, 0.1) is 0 Å². The second-order valence-corrected chi connectivity index (χ2v) is 25.2. The highest BCUT2D eigenvalue weighted by Crippen LogP contribution is 2.24. The third-order valence-electron chi connectivity index (χ3n) is 3.10. The Morgan fingerprint density at radius 3 is 1.91 bits per heavy atom. The SMILES string of the molecule is CC.C[Si](=O)[Si](C)(CCCNCCN)O[Si](C)(C)O[Si](C)(C)C. The van der Waals surface area contributed by atoms with E-state index in [0.29, 0.717) is 6.54 Å². The van der Waals surface area contributed by atoms with Crippen LogP contribution in [-0.4, -0.2) is 52.5 Å². The summed E-state index contributed by atoms with van der Waals surface area (Å²) >= 11 is 0. The Labute approximate surface area is 148 Å². The van der Waals surface area contributed by atoms with E-state index in [1.807, 2.05) is 20.4 Å². The van der Waals surface area contributed by atoms with Gasteiger partial charge in [0.1, 0.15) is 0 Å². The maximum absolute atomic E-state index is 12.3. The Balaban J connectivity index is 0. The Kier molecular flexibility index (Phi) is 13.4. The summed E-state index contributed by atoms with van der Waals surface area (Å²) in [5.41, 5.74) is 5.46. The highest BCUT2D eigenvalue weighted by atomic mass is 29.2. The van der Waals surface area contributed by atoms with E-state index in [9.17, 15) is 4.46 Å². The molecule has 0 rings (SSSR count). The summed E-state index contributed by atoms with van der Waals surface area (Å²) in [6.07, 6.45) is 0.990. The normalized spacial score (nSPS) is 14.7. The van der Waals surface area contributed by atoms with Crippen LogP contribution in [0.15, 0.2) is 0 Å². The van der Waals surface area contributed by atoms with Gasteiger partial charge in [-0.25, -0.2) is 0 Å². The Hall–Kier alpha value is 0.508. The topological polar surface area (TPSA) is 73.6 Å². The van der Waals surface area contributed by atoms with Gasteiger partial charge in [-0.2, -0.15) is 0 Å². The molecular weight excluding hydrogens is 357 g/mol. The lowest BCUT2D eigenvalue weighted by Crippen LogP contribution is -2.56. The van der Waals surface area contributed by atoms with Crippen LogP contribution in [0.4, 0.5) is 0 Å². The lowest BCUT2D eigenvalue weighted by Gasteiger charge is -2.37. The van der Waals surface area contributed by atoms with Crippen LogP contribution in [-0.2, 0) is 12.7 Å². The first kappa shape index (κ1) is 25.7. The lowest BCUT2D eigenvalue weighted by molar-refractivity contribution is 0.393. The minimum absolute atomic E-state index is 0.652. The standard InChI is InChI=1S/C12H34N2O3Si4.C2H6/c1-18(15)21(7,12-8-10-14-11-9-13)17-20(5,6)16-19(2,3)4;1-2/h14H,8-13H2,1-7H3;1-2H3. The molecular formula is C14H40N2O3Si4. The number of hydrogen-bond acceptors (Lipinski definition) is 5. The van der Waals surface area contributed by atoms with E-state index in [-0.39, 0.29) is 0 Å². The minimum Gasteiger partial charge on any atom is -0.437 e. The zero-order chi connectivity index (χ0) is 18.7. The first-order valence-corrected chi connectivity index (χ1v) is 20.5. The average Bonchev–Trinajstić information content (AvgIpc) is 2.37. The molecule has 140 valence electrons. The quantitative estimate of drug-likeness (QED) is 0.414. The molecule has 0 aromatic carbocycles. The molecule has 1 atom stereocenters. The van der Waals surface area contributed by atoms with Crippen molar-refractivity contribution in [2.45, 2.75) is 72.1 Å². The van der Waals surface area contributed by atoms with E-state index in [1.165, 1.54) is 0 Å². The minimum atomic E-state index is -2.20. The van der Waals surface area contributed by atoms with E-state index in [1.54, 1.807) is 0 Å². The van der Waals surface area contributed by atoms with Crippen LogP contribution < -0.4 is 11.1 Å². The highest BCUT2D eigenvalue weighted by Gasteiger charge is 2.44. The van der Waals surface area contributed by atoms with Crippen molar-refractivity contribution in [2.24, 2.45) is 5.73 Å². The van der Waals surface area contributed by atoms with Gasteiger partial charge in [0.15, 0.2) is 8.32 Å². The number of nitrogens with two attached hydrogens (primary N) is 1. The first-order valence-electron chi connectivity index (χ1n) is 8.74. The number of rotatable bonds is 11. The number of hydrogen-bond donors (Lipinski definition) is 2. The Morgan fingerprint density at radius 2 is 1.52 bits per heavy atom. The highest BCUT2D eigenvalue weighted by molar-refractivity contribution is 7.25. The van der Waals surface area contributed by atoms with Crippen molar-refractivity contribution in [2.75, 3.05) is 19.6 Å². The van der Waals surface area contributed by atoms with E-state index >= 15 is 0 Å². The predicted octanol–water partition coefficient (Wildman–Crippen LogP) is 3.23. The molecule has 9 heteroatoms. The van der Waals surface area contributed by atoms with Crippen LogP contribution in [0, 0.1) is 0 Å². The van der Waals surface area contributed by atoms with Crippen LogP contribution in [0.3, 0.4) is 0 Å². The molecule has 0 heterocycles. The van der Waals surface area contributed by atoms with Gasteiger partial charge in [-0.1, -0.05) is 13.8 Å². The van der Waals surface area contributed by atoms with E-state index in [4.69, 9.17) is 14.0 Å². The largest absolute Gasteiger partial charge is 0.437 e. The second-order valence-electron chi connectivity index (χ2n) is 7.15. The van der Waals surface area contributed by atoms with Crippen LogP contribution in [0.5, 0.6) is 0 Å². The molecule has 0 amide bonds. The summed E-state index contributed by atoms with van der Waals surface area (Å²) in [6, 6.07) is 0.921. The fourth-order valence-corrected chi connectivity index (χ4v) is 20.4. The van der Waals surface area contributed by atoms with E-state index in [2.05, 4.69) is 44.6 Å².